The van der Waals surface area contributed by atoms with Gasteiger partial charge in [0.05, 0.1) is 0 Å². The van der Waals surface area contributed by atoms with E-state index in [0.717, 1.165) is 5.75 Å². The molecule has 3 N–H and O–H groups in total. The summed E-state index contributed by atoms with van der Waals surface area (Å²) in [5.41, 5.74) is 4.90. The predicted octanol–water partition coefficient (Wildman–Crippen LogP) is 1.45. The summed E-state index contributed by atoms with van der Waals surface area (Å²) in [4.78, 5) is 27.4. The van der Waals surface area contributed by atoms with E-state index < -0.39 is 23.2 Å². The van der Waals surface area contributed by atoms with Gasteiger partial charge in [0.15, 0.2) is 0 Å². The summed E-state index contributed by atoms with van der Waals surface area (Å²) in [5.74, 6) is 1.15. The van der Waals surface area contributed by atoms with Gasteiger partial charge in [-0.15, -0.1) is 0 Å². The largest absolute Gasteiger partial charge is 0.465 e. The zero-order chi connectivity index (χ0) is 16.4. The first-order valence-corrected chi connectivity index (χ1v) is 8.26. The summed E-state index contributed by atoms with van der Waals surface area (Å²) in [7, 11) is 0. The van der Waals surface area contributed by atoms with Crippen LogP contribution in [0.5, 0.6) is 0 Å². The topological polar surface area (TPSA) is 86.9 Å². The molecule has 0 saturated carbocycles. The minimum Gasteiger partial charge on any atom is -0.465 e. The molecule has 0 bridgehead atoms. The molecule has 1 atom stereocenters. The Morgan fingerprint density at radius 1 is 1.43 bits per heavy atom. The summed E-state index contributed by atoms with van der Waals surface area (Å²) < 4.78 is 0. The van der Waals surface area contributed by atoms with Gasteiger partial charge in [-0.2, -0.15) is 11.8 Å². The van der Waals surface area contributed by atoms with Crippen LogP contribution >= 0.6 is 11.8 Å². The molecule has 2 amide bonds. The highest BCUT2D eigenvalue weighted by atomic mass is 32.2. The van der Waals surface area contributed by atoms with Gasteiger partial charge in [-0.25, -0.2) is 4.79 Å². The summed E-state index contributed by atoms with van der Waals surface area (Å²) in [6.45, 7) is 10.2. The molecule has 122 valence electrons. The van der Waals surface area contributed by atoms with Crippen LogP contribution in [0, 0.1) is 0 Å². The fraction of sp³-hybridized carbons (Fsp3) is 0.857. The van der Waals surface area contributed by atoms with Crippen LogP contribution in [0.1, 0.15) is 34.6 Å². The van der Waals surface area contributed by atoms with Crippen LogP contribution in [-0.4, -0.2) is 68.6 Å². The molecule has 1 aliphatic heterocycles. The first-order valence-electron chi connectivity index (χ1n) is 7.11. The Morgan fingerprint density at radius 2 is 2.00 bits per heavy atom. The fourth-order valence-corrected chi connectivity index (χ4v) is 3.51. The average Bonchev–Trinajstić information content (AvgIpc) is 2.40. The number of nitrogens with zero attached hydrogens (tertiary/aromatic N) is 2. The van der Waals surface area contributed by atoms with Crippen molar-refractivity contribution < 1.29 is 14.7 Å². The highest BCUT2D eigenvalue weighted by Gasteiger charge is 2.40. The Labute approximate surface area is 131 Å². The van der Waals surface area contributed by atoms with Crippen molar-refractivity contribution in [3.63, 3.8) is 0 Å². The van der Waals surface area contributed by atoms with E-state index in [1.165, 1.54) is 4.90 Å². The third-order valence-corrected chi connectivity index (χ3v) is 4.24. The Bertz CT molecular complexity index is 401. The summed E-state index contributed by atoms with van der Waals surface area (Å²) >= 11 is 1.61. The lowest BCUT2D eigenvalue weighted by Gasteiger charge is -2.40. The maximum Gasteiger partial charge on any atom is 0.408 e. The van der Waals surface area contributed by atoms with Crippen molar-refractivity contribution in [1.82, 2.24) is 9.80 Å². The predicted molar refractivity (Wildman–Crippen MR) is 85.6 cm³/mol. The number of hydrogen-bond donors (Lipinski definition) is 2. The number of carboxylic acid groups (broad SMARTS) is 1. The monoisotopic (exact) mass is 317 g/mol. The van der Waals surface area contributed by atoms with E-state index in [9.17, 15) is 14.7 Å². The van der Waals surface area contributed by atoms with E-state index in [1.807, 2.05) is 13.8 Å². The molecular weight excluding hydrogens is 290 g/mol. The Morgan fingerprint density at radius 3 is 2.43 bits per heavy atom. The molecule has 1 unspecified atom stereocenters. The molecule has 0 radical (unpaired) electrons. The Kier molecular flexibility index (Phi) is 5.55. The Balaban J connectivity index is 3.04. The van der Waals surface area contributed by atoms with Gasteiger partial charge in [0.25, 0.3) is 0 Å². The van der Waals surface area contributed by atoms with Gasteiger partial charge in [0, 0.05) is 35.7 Å². The van der Waals surface area contributed by atoms with Gasteiger partial charge >= 0.3 is 6.09 Å². The number of thioether (sulfide) groups is 1. The van der Waals surface area contributed by atoms with Gasteiger partial charge in [-0.05, 0) is 34.6 Å². The van der Waals surface area contributed by atoms with Crippen LogP contribution < -0.4 is 5.73 Å². The molecule has 1 saturated heterocycles. The molecular formula is C14H27N3O3S. The van der Waals surface area contributed by atoms with Crippen molar-refractivity contribution in [1.29, 1.82) is 0 Å². The van der Waals surface area contributed by atoms with E-state index in [-0.39, 0.29) is 5.91 Å². The van der Waals surface area contributed by atoms with E-state index in [2.05, 4.69) is 0 Å². The van der Waals surface area contributed by atoms with Crippen molar-refractivity contribution in [2.45, 2.75) is 51.7 Å². The zero-order valence-corrected chi connectivity index (χ0v) is 14.4. The number of rotatable bonds is 3. The lowest BCUT2D eigenvalue weighted by Crippen LogP contribution is -2.59. The lowest BCUT2D eigenvalue weighted by atomic mass is 10.0. The molecule has 0 aromatic heterocycles. The van der Waals surface area contributed by atoms with Crippen LogP contribution in [0.4, 0.5) is 4.79 Å². The van der Waals surface area contributed by atoms with Crippen molar-refractivity contribution in [3.8, 4) is 0 Å². The quantitative estimate of drug-likeness (QED) is 0.822. The van der Waals surface area contributed by atoms with Crippen LogP contribution in [-0.2, 0) is 4.79 Å². The van der Waals surface area contributed by atoms with Crippen molar-refractivity contribution in [3.05, 3.63) is 0 Å². The normalized spacial score (nSPS) is 21.1. The van der Waals surface area contributed by atoms with Gasteiger partial charge in [-0.1, -0.05) is 0 Å². The molecule has 0 aromatic rings. The SMILES string of the molecule is CC(C)(N)CN1CCSCC(N(C(=O)O)C(C)(C)C)C1=O. The highest BCUT2D eigenvalue weighted by Crippen LogP contribution is 2.24. The molecule has 0 spiro atoms. The van der Waals surface area contributed by atoms with Gasteiger partial charge in [0.2, 0.25) is 5.91 Å². The molecule has 7 heteroatoms. The van der Waals surface area contributed by atoms with Gasteiger partial charge in [-0.3, -0.25) is 9.69 Å². The van der Waals surface area contributed by atoms with Crippen LogP contribution in [0.3, 0.4) is 0 Å². The maximum absolute atomic E-state index is 12.8. The zero-order valence-electron chi connectivity index (χ0n) is 13.5. The number of hydrogen-bond acceptors (Lipinski definition) is 4. The lowest BCUT2D eigenvalue weighted by molar-refractivity contribution is -0.137. The van der Waals surface area contributed by atoms with Crippen LogP contribution in [0.2, 0.25) is 0 Å². The second-order valence-corrected chi connectivity index (χ2v) is 8.31. The molecule has 1 heterocycles. The van der Waals surface area contributed by atoms with E-state index >= 15 is 0 Å². The molecule has 1 fully saturated rings. The summed E-state index contributed by atoms with van der Waals surface area (Å²) in [6.07, 6.45) is -1.06. The minimum absolute atomic E-state index is 0.143. The number of nitrogens with two attached hydrogens (primary N) is 1. The number of carbonyl (C=O) groups excluding carboxylic acids is 1. The van der Waals surface area contributed by atoms with Gasteiger partial charge in [0.1, 0.15) is 6.04 Å². The first kappa shape index (κ1) is 18.1. The fourth-order valence-electron chi connectivity index (χ4n) is 2.48. The smallest absolute Gasteiger partial charge is 0.408 e. The maximum atomic E-state index is 12.8. The second kappa shape index (κ2) is 6.44. The molecule has 0 aliphatic carbocycles. The van der Waals surface area contributed by atoms with Crippen molar-refractivity contribution in [2.24, 2.45) is 5.73 Å². The van der Waals surface area contributed by atoms with Crippen molar-refractivity contribution >= 4 is 23.8 Å². The first-order chi connectivity index (χ1) is 9.43. The third-order valence-electron chi connectivity index (χ3n) is 3.22. The highest BCUT2D eigenvalue weighted by molar-refractivity contribution is 7.99. The number of carbonyl (C=O) groups is 2. The van der Waals surface area contributed by atoms with Crippen LogP contribution in [0.15, 0.2) is 0 Å². The molecule has 6 nitrogen and oxygen atoms in total. The third kappa shape index (κ3) is 5.07. The van der Waals surface area contributed by atoms with Crippen molar-refractivity contribution in [2.75, 3.05) is 24.6 Å². The summed E-state index contributed by atoms with van der Waals surface area (Å²) in [5, 5.41) is 9.51. The van der Waals surface area contributed by atoms with Crippen LogP contribution in [0.25, 0.3) is 0 Å². The number of amides is 2. The van der Waals surface area contributed by atoms with Gasteiger partial charge < -0.3 is 15.7 Å². The molecule has 21 heavy (non-hydrogen) atoms. The van der Waals surface area contributed by atoms with E-state index in [1.54, 1.807) is 37.4 Å². The molecule has 0 aromatic carbocycles. The Hall–Kier alpha value is -0.950. The summed E-state index contributed by atoms with van der Waals surface area (Å²) in [6, 6.07) is -0.655. The van der Waals surface area contributed by atoms with E-state index in [4.69, 9.17) is 5.73 Å². The molecule has 1 rings (SSSR count). The average molecular weight is 317 g/mol. The van der Waals surface area contributed by atoms with E-state index in [0.29, 0.717) is 18.8 Å². The second-order valence-electron chi connectivity index (χ2n) is 7.16. The minimum atomic E-state index is -1.06. The standard InChI is InChI=1S/C14H27N3O3S/c1-13(2,3)17(12(19)20)10-8-21-7-6-16(11(10)18)9-14(4,5)15/h10H,6-9,15H2,1-5H3,(H,19,20). The molecule has 1 aliphatic rings.